The van der Waals surface area contributed by atoms with Crippen molar-refractivity contribution in [3.63, 3.8) is 0 Å². The second-order valence-electron chi connectivity index (χ2n) is 4.44. The molecule has 3 rings (SSSR count). The Kier molecular flexibility index (Phi) is 3.52. The van der Waals surface area contributed by atoms with E-state index in [4.69, 9.17) is 11.6 Å². The Morgan fingerprint density at radius 3 is 2.95 bits per heavy atom. The maximum atomic E-state index is 12.2. The van der Waals surface area contributed by atoms with Gasteiger partial charge in [0.05, 0.1) is 11.9 Å². The minimum absolute atomic E-state index is 0.169. The quantitative estimate of drug-likeness (QED) is 0.799. The third-order valence-electron chi connectivity index (χ3n) is 2.79. The fraction of sp³-hybridized carbons (Fsp3) is 0.0769. The first-order valence-corrected chi connectivity index (χ1v) is 8.10. The lowest BCUT2D eigenvalue weighted by atomic mass is 10.2. The number of halogens is 1. The zero-order chi connectivity index (χ0) is 14.9. The van der Waals surface area contributed by atoms with E-state index in [1.807, 2.05) is 0 Å². The zero-order valence-corrected chi connectivity index (χ0v) is 12.3. The first-order valence-electron chi connectivity index (χ1n) is 6.07. The van der Waals surface area contributed by atoms with Gasteiger partial charge in [0.2, 0.25) is 10.0 Å². The Morgan fingerprint density at radius 2 is 2.14 bits per heavy atom. The molecule has 0 fully saturated rings. The van der Waals surface area contributed by atoms with Crippen LogP contribution >= 0.6 is 11.6 Å². The molecule has 2 aromatic heterocycles. The maximum absolute atomic E-state index is 12.2. The molecule has 3 aromatic rings. The van der Waals surface area contributed by atoms with Crippen molar-refractivity contribution in [1.82, 2.24) is 14.6 Å². The van der Waals surface area contributed by atoms with Crippen molar-refractivity contribution in [2.24, 2.45) is 0 Å². The molecule has 1 aromatic carbocycles. The summed E-state index contributed by atoms with van der Waals surface area (Å²) in [7, 11) is -3.57. The topological polar surface area (TPSA) is 76.4 Å². The van der Waals surface area contributed by atoms with Crippen LogP contribution in [0.1, 0.15) is 5.56 Å². The molecule has 0 spiro atoms. The standard InChI is InChI=1S/C13H11ClN4O2S/c14-11-4-1-3-10(7-11)9-21(19,20)17-12-8-16-18-6-2-5-15-13(12)18/h1-8,17H,9H2. The minimum atomic E-state index is -3.57. The normalized spacial score (nSPS) is 11.7. The molecule has 0 aliphatic heterocycles. The summed E-state index contributed by atoms with van der Waals surface area (Å²) in [5, 5.41) is 4.53. The molecule has 0 unspecified atom stereocenters. The van der Waals surface area contributed by atoms with Crippen LogP contribution in [0.2, 0.25) is 5.02 Å². The van der Waals surface area contributed by atoms with Crippen molar-refractivity contribution < 1.29 is 8.42 Å². The molecule has 0 atom stereocenters. The molecule has 2 heterocycles. The van der Waals surface area contributed by atoms with Crippen LogP contribution in [-0.4, -0.2) is 23.0 Å². The maximum Gasteiger partial charge on any atom is 0.237 e. The Morgan fingerprint density at radius 1 is 1.29 bits per heavy atom. The van der Waals surface area contributed by atoms with E-state index in [1.165, 1.54) is 10.7 Å². The van der Waals surface area contributed by atoms with Crippen LogP contribution in [0.4, 0.5) is 5.69 Å². The molecule has 0 aliphatic rings. The summed E-state index contributed by atoms with van der Waals surface area (Å²) in [4.78, 5) is 4.10. The van der Waals surface area contributed by atoms with E-state index in [0.717, 1.165) is 0 Å². The van der Waals surface area contributed by atoms with Crippen molar-refractivity contribution in [3.8, 4) is 0 Å². The molecule has 8 heteroatoms. The van der Waals surface area contributed by atoms with Crippen LogP contribution < -0.4 is 4.72 Å². The van der Waals surface area contributed by atoms with Gasteiger partial charge in [-0.15, -0.1) is 0 Å². The Bertz CT molecular complexity index is 892. The van der Waals surface area contributed by atoms with Gasteiger partial charge >= 0.3 is 0 Å². The van der Waals surface area contributed by atoms with E-state index in [0.29, 0.717) is 21.9 Å². The number of nitrogens with zero attached hydrogens (tertiary/aromatic N) is 3. The lowest BCUT2D eigenvalue weighted by molar-refractivity contribution is 0.600. The molecule has 0 radical (unpaired) electrons. The first-order chi connectivity index (χ1) is 10.0. The average Bonchev–Trinajstić information content (AvgIpc) is 2.81. The highest BCUT2D eigenvalue weighted by atomic mass is 35.5. The van der Waals surface area contributed by atoms with Crippen molar-refractivity contribution in [3.05, 3.63) is 59.5 Å². The number of sulfonamides is 1. The molecule has 108 valence electrons. The van der Waals surface area contributed by atoms with Crippen molar-refractivity contribution in [1.29, 1.82) is 0 Å². The zero-order valence-electron chi connectivity index (χ0n) is 10.8. The highest BCUT2D eigenvalue weighted by molar-refractivity contribution is 7.91. The van der Waals surface area contributed by atoms with E-state index in [-0.39, 0.29) is 5.75 Å². The number of anilines is 1. The van der Waals surface area contributed by atoms with Gasteiger partial charge in [-0.25, -0.2) is 17.9 Å². The molecule has 0 saturated heterocycles. The molecule has 0 saturated carbocycles. The van der Waals surface area contributed by atoms with Crippen LogP contribution in [0.15, 0.2) is 48.9 Å². The number of rotatable bonds is 4. The molecule has 1 N–H and O–H groups in total. The lowest BCUT2D eigenvalue weighted by Gasteiger charge is -2.06. The number of nitrogens with one attached hydrogen (secondary N) is 1. The van der Waals surface area contributed by atoms with Gasteiger partial charge in [0.25, 0.3) is 0 Å². The fourth-order valence-electron chi connectivity index (χ4n) is 1.95. The van der Waals surface area contributed by atoms with E-state index in [2.05, 4.69) is 14.8 Å². The highest BCUT2D eigenvalue weighted by Gasteiger charge is 2.15. The molecular weight excluding hydrogens is 312 g/mol. The van der Waals surface area contributed by atoms with Gasteiger partial charge in [0, 0.05) is 17.4 Å². The predicted octanol–water partition coefficient (Wildman–Crippen LogP) is 2.32. The molecular formula is C13H11ClN4O2S. The van der Waals surface area contributed by atoms with Crippen molar-refractivity contribution in [2.75, 3.05) is 4.72 Å². The van der Waals surface area contributed by atoms with Crippen LogP contribution in [0.3, 0.4) is 0 Å². The van der Waals surface area contributed by atoms with Crippen LogP contribution in [0.25, 0.3) is 5.65 Å². The number of hydrogen-bond donors (Lipinski definition) is 1. The second kappa shape index (κ2) is 5.34. The summed E-state index contributed by atoms with van der Waals surface area (Å²) in [6, 6.07) is 8.45. The number of fused-ring (bicyclic) bond motifs is 1. The van der Waals surface area contributed by atoms with E-state index in [9.17, 15) is 8.42 Å². The summed E-state index contributed by atoms with van der Waals surface area (Å²) in [6.45, 7) is 0. The molecule has 6 nitrogen and oxygen atoms in total. The van der Waals surface area contributed by atoms with E-state index >= 15 is 0 Å². The largest absolute Gasteiger partial charge is 0.278 e. The molecule has 0 bridgehead atoms. The van der Waals surface area contributed by atoms with Gasteiger partial charge in [-0.2, -0.15) is 5.10 Å². The SMILES string of the molecule is O=S(=O)(Cc1cccc(Cl)c1)Nc1cnn2cccnc12. The van der Waals surface area contributed by atoms with Gasteiger partial charge in [-0.05, 0) is 23.8 Å². The Balaban J connectivity index is 1.86. The smallest absolute Gasteiger partial charge is 0.237 e. The first kappa shape index (κ1) is 13.8. The van der Waals surface area contributed by atoms with Crippen LogP contribution in [-0.2, 0) is 15.8 Å². The van der Waals surface area contributed by atoms with Gasteiger partial charge in [-0.3, -0.25) is 4.72 Å². The molecule has 21 heavy (non-hydrogen) atoms. The summed E-state index contributed by atoms with van der Waals surface area (Å²) in [6.07, 6.45) is 4.70. The average molecular weight is 323 g/mol. The summed E-state index contributed by atoms with van der Waals surface area (Å²) < 4.78 is 28.4. The number of aromatic nitrogens is 3. The number of hydrogen-bond acceptors (Lipinski definition) is 4. The summed E-state index contributed by atoms with van der Waals surface area (Å²) in [5.74, 6) is -0.169. The summed E-state index contributed by atoms with van der Waals surface area (Å²) in [5.41, 5.74) is 1.41. The van der Waals surface area contributed by atoms with E-state index < -0.39 is 10.0 Å². The van der Waals surface area contributed by atoms with Crippen molar-refractivity contribution in [2.45, 2.75) is 5.75 Å². The fourth-order valence-corrected chi connectivity index (χ4v) is 3.33. The van der Waals surface area contributed by atoms with Gasteiger partial charge in [0.15, 0.2) is 5.65 Å². The third-order valence-corrected chi connectivity index (χ3v) is 4.27. The van der Waals surface area contributed by atoms with Crippen LogP contribution in [0.5, 0.6) is 0 Å². The Labute approximate surface area is 126 Å². The van der Waals surface area contributed by atoms with Gasteiger partial charge in [0.1, 0.15) is 5.69 Å². The van der Waals surface area contributed by atoms with Crippen LogP contribution in [0, 0.1) is 0 Å². The predicted molar refractivity (Wildman–Crippen MR) is 80.7 cm³/mol. The lowest BCUT2D eigenvalue weighted by Crippen LogP contribution is -2.15. The highest BCUT2D eigenvalue weighted by Crippen LogP contribution is 2.18. The minimum Gasteiger partial charge on any atom is -0.278 e. The van der Waals surface area contributed by atoms with Gasteiger partial charge in [-0.1, -0.05) is 23.7 Å². The molecule has 0 amide bonds. The van der Waals surface area contributed by atoms with Crippen molar-refractivity contribution >= 4 is 33.0 Å². The number of benzene rings is 1. The Hall–Kier alpha value is -2.12. The monoisotopic (exact) mass is 322 g/mol. The second-order valence-corrected chi connectivity index (χ2v) is 6.60. The van der Waals surface area contributed by atoms with E-state index in [1.54, 1.807) is 42.7 Å². The summed E-state index contributed by atoms with van der Waals surface area (Å²) >= 11 is 5.86. The molecule has 0 aliphatic carbocycles. The van der Waals surface area contributed by atoms with Gasteiger partial charge < -0.3 is 0 Å². The third kappa shape index (κ3) is 3.14.